The van der Waals surface area contributed by atoms with E-state index < -0.39 is 11.5 Å². The smallest absolute Gasteiger partial charge is 0.305 e. The van der Waals surface area contributed by atoms with Crippen LogP contribution in [0.3, 0.4) is 0 Å². The SMILES string of the molecule is CC(C)C1(C(=O)NC2(CC(=O)O)CCCCC2)CCNC1. The van der Waals surface area contributed by atoms with Crippen LogP contribution in [0.4, 0.5) is 0 Å². The summed E-state index contributed by atoms with van der Waals surface area (Å²) < 4.78 is 0. The molecule has 5 heteroatoms. The van der Waals surface area contributed by atoms with Gasteiger partial charge in [-0.1, -0.05) is 33.1 Å². The molecule has 120 valence electrons. The van der Waals surface area contributed by atoms with E-state index in [9.17, 15) is 14.7 Å². The molecule has 2 rings (SSSR count). The van der Waals surface area contributed by atoms with Gasteiger partial charge < -0.3 is 15.7 Å². The van der Waals surface area contributed by atoms with E-state index >= 15 is 0 Å². The minimum absolute atomic E-state index is 0.0420. The van der Waals surface area contributed by atoms with Crippen molar-refractivity contribution in [2.75, 3.05) is 13.1 Å². The molecule has 0 bridgehead atoms. The Morgan fingerprint density at radius 3 is 2.33 bits per heavy atom. The molecule has 0 aromatic heterocycles. The molecule has 1 amide bonds. The van der Waals surface area contributed by atoms with E-state index in [-0.39, 0.29) is 23.7 Å². The monoisotopic (exact) mass is 296 g/mol. The summed E-state index contributed by atoms with van der Waals surface area (Å²) in [6.07, 6.45) is 5.58. The number of rotatable bonds is 5. The zero-order valence-corrected chi connectivity index (χ0v) is 13.2. The molecule has 0 radical (unpaired) electrons. The number of carboxylic acid groups (broad SMARTS) is 1. The summed E-state index contributed by atoms with van der Waals surface area (Å²) in [5.74, 6) is -0.524. The maximum atomic E-state index is 12.9. The van der Waals surface area contributed by atoms with Crippen molar-refractivity contribution >= 4 is 11.9 Å². The van der Waals surface area contributed by atoms with Gasteiger partial charge in [0.25, 0.3) is 0 Å². The van der Waals surface area contributed by atoms with Gasteiger partial charge in [0.1, 0.15) is 0 Å². The Morgan fingerprint density at radius 2 is 1.86 bits per heavy atom. The fraction of sp³-hybridized carbons (Fsp3) is 0.875. The van der Waals surface area contributed by atoms with Crippen molar-refractivity contribution in [3.8, 4) is 0 Å². The fourth-order valence-corrected chi connectivity index (χ4v) is 3.89. The van der Waals surface area contributed by atoms with Crippen molar-refractivity contribution in [2.24, 2.45) is 11.3 Å². The maximum Gasteiger partial charge on any atom is 0.305 e. The van der Waals surface area contributed by atoms with Crippen LogP contribution in [0.15, 0.2) is 0 Å². The third-order valence-corrected chi connectivity index (χ3v) is 5.42. The average molecular weight is 296 g/mol. The third kappa shape index (κ3) is 3.39. The van der Waals surface area contributed by atoms with E-state index in [1.165, 1.54) is 0 Å². The largest absolute Gasteiger partial charge is 0.481 e. The van der Waals surface area contributed by atoms with Crippen molar-refractivity contribution in [3.63, 3.8) is 0 Å². The number of carbonyl (C=O) groups excluding carboxylic acids is 1. The Kier molecular flexibility index (Phi) is 4.91. The van der Waals surface area contributed by atoms with E-state index in [0.717, 1.165) is 45.1 Å². The molecule has 3 N–H and O–H groups in total. The normalized spacial score (nSPS) is 28.5. The maximum absolute atomic E-state index is 12.9. The number of nitrogens with one attached hydrogen (secondary N) is 2. The van der Waals surface area contributed by atoms with Gasteiger partial charge in [0.15, 0.2) is 0 Å². The molecular weight excluding hydrogens is 268 g/mol. The standard InChI is InChI=1S/C16H28N2O3/c1-12(2)16(8-9-17-11-16)14(21)18-15(10-13(19)20)6-4-3-5-7-15/h12,17H,3-11H2,1-2H3,(H,18,21)(H,19,20). The lowest BCUT2D eigenvalue weighted by atomic mass is 9.73. The number of carbonyl (C=O) groups is 2. The second kappa shape index (κ2) is 6.34. The van der Waals surface area contributed by atoms with Crippen LogP contribution in [0.5, 0.6) is 0 Å². The highest BCUT2D eigenvalue weighted by molar-refractivity contribution is 5.85. The average Bonchev–Trinajstić information content (AvgIpc) is 2.89. The lowest BCUT2D eigenvalue weighted by Gasteiger charge is -2.41. The summed E-state index contributed by atoms with van der Waals surface area (Å²) in [7, 11) is 0. The minimum Gasteiger partial charge on any atom is -0.481 e. The summed E-state index contributed by atoms with van der Waals surface area (Å²) >= 11 is 0. The van der Waals surface area contributed by atoms with Crippen LogP contribution < -0.4 is 10.6 Å². The van der Waals surface area contributed by atoms with Gasteiger partial charge in [-0.25, -0.2) is 0 Å². The van der Waals surface area contributed by atoms with Crippen LogP contribution in [0.1, 0.15) is 58.8 Å². The Balaban J connectivity index is 2.15. The van der Waals surface area contributed by atoms with Gasteiger partial charge in [-0.3, -0.25) is 9.59 Å². The molecule has 21 heavy (non-hydrogen) atoms. The van der Waals surface area contributed by atoms with Gasteiger partial charge in [-0.05, 0) is 31.7 Å². The van der Waals surface area contributed by atoms with Gasteiger partial charge in [0.05, 0.1) is 17.4 Å². The lowest BCUT2D eigenvalue weighted by Crippen LogP contribution is -2.57. The van der Waals surface area contributed by atoms with Crippen LogP contribution in [-0.4, -0.2) is 35.6 Å². The van der Waals surface area contributed by atoms with Crippen molar-refractivity contribution in [1.82, 2.24) is 10.6 Å². The Labute approximate surface area is 126 Å². The van der Waals surface area contributed by atoms with Crippen molar-refractivity contribution in [1.29, 1.82) is 0 Å². The molecule has 1 aliphatic carbocycles. The first-order valence-electron chi connectivity index (χ1n) is 8.15. The van der Waals surface area contributed by atoms with E-state index in [1.807, 2.05) is 0 Å². The molecule has 1 aliphatic heterocycles. The quantitative estimate of drug-likeness (QED) is 0.724. The first kappa shape index (κ1) is 16.3. The van der Waals surface area contributed by atoms with Crippen molar-refractivity contribution in [2.45, 2.75) is 64.3 Å². The van der Waals surface area contributed by atoms with Crippen LogP contribution in [0.2, 0.25) is 0 Å². The predicted octanol–water partition coefficient (Wildman–Crippen LogP) is 1.92. The summed E-state index contributed by atoms with van der Waals surface area (Å²) in [5, 5.41) is 15.7. The first-order chi connectivity index (χ1) is 9.90. The van der Waals surface area contributed by atoms with Crippen LogP contribution in [0.25, 0.3) is 0 Å². The number of aliphatic carboxylic acids is 1. The van der Waals surface area contributed by atoms with Gasteiger partial charge in [-0.2, -0.15) is 0 Å². The zero-order chi connectivity index (χ0) is 15.5. The van der Waals surface area contributed by atoms with Gasteiger partial charge in [0.2, 0.25) is 5.91 Å². The molecule has 0 aromatic rings. The first-order valence-corrected chi connectivity index (χ1v) is 8.15. The van der Waals surface area contributed by atoms with Gasteiger partial charge >= 0.3 is 5.97 Å². The highest BCUT2D eigenvalue weighted by atomic mass is 16.4. The summed E-state index contributed by atoms with van der Waals surface area (Å²) in [6, 6.07) is 0. The molecule has 2 fully saturated rings. The Morgan fingerprint density at radius 1 is 1.19 bits per heavy atom. The molecule has 0 spiro atoms. The molecule has 1 saturated carbocycles. The number of amides is 1. The number of hydrogen-bond donors (Lipinski definition) is 3. The summed E-state index contributed by atoms with van der Waals surface area (Å²) in [5.41, 5.74) is -0.922. The van der Waals surface area contributed by atoms with Gasteiger partial charge in [-0.15, -0.1) is 0 Å². The second-order valence-electron chi connectivity index (χ2n) is 7.10. The van der Waals surface area contributed by atoms with Crippen LogP contribution >= 0.6 is 0 Å². The van der Waals surface area contributed by atoms with E-state index in [2.05, 4.69) is 24.5 Å². The Hall–Kier alpha value is -1.10. The molecule has 0 aromatic carbocycles. The molecule has 1 atom stereocenters. The van der Waals surface area contributed by atoms with E-state index in [0.29, 0.717) is 6.54 Å². The molecular formula is C16H28N2O3. The van der Waals surface area contributed by atoms with Crippen molar-refractivity contribution < 1.29 is 14.7 Å². The second-order valence-corrected chi connectivity index (χ2v) is 7.10. The highest BCUT2D eigenvalue weighted by Gasteiger charge is 2.47. The molecule has 1 unspecified atom stereocenters. The highest BCUT2D eigenvalue weighted by Crippen LogP contribution is 2.37. The zero-order valence-electron chi connectivity index (χ0n) is 13.2. The summed E-state index contributed by atoms with van der Waals surface area (Å²) in [4.78, 5) is 24.1. The van der Waals surface area contributed by atoms with Crippen molar-refractivity contribution in [3.05, 3.63) is 0 Å². The number of carboxylic acids is 1. The lowest BCUT2D eigenvalue weighted by molar-refractivity contribution is -0.141. The van der Waals surface area contributed by atoms with Gasteiger partial charge in [0, 0.05) is 6.54 Å². The van der Waals surface area contributed by atoms with E-state index in [4.69, 9.17) is 0 Å². The van der Waals surface area contributed by atoms with E-state index in [1.54, 1.807) is 0 Å². The molecule has 1 heterocycles. The Bertz CT molecular complexity index is 394. The summed E-state index contributed by atoms with van der Waals surface area (Å²) in [6.45, 7) is 5.71. The van der Waals surface area contributed by atoms with Crippen LogP contribution in [0, 0.1) is 11.3 Å². The molecule has 2 aliphatic rings. The fourth-order valence-electron chi connectivity index (χ4n) is 3.89. The third-order valence-electron chi connectivity index (χ3n) is 5.42. The topological polar surface area (TPSA) is 78.4 Å². The predicted molar refractivity (Wildman–Crippen MR) is 81.0 cm³/mol. The minimum atomic E-state index is -0.819. The molecule has 5 nitrogen and oxygen atoms in total. The van der Waals surface area contributed by atoms with Crippen LogP contribution in [-0.2, 0) is 9.59 Å². The number of hydrogen-bond acceptors (Lipinski definition) is 3. The molecule has 1 saturated heterocycles.